The molecule has 1 saturated heterocycles. The van der Waals surface area contributed by atoms with E-state index >= 15 is 0 Å². The van der Waals surface area contributed by atoms with Gasteiger partial charge in [0.2, 0.25) is 5.12 Å². The van der Waals surface area contributed by atoms with E-state index in [4.69, 9.17) is 9.47 Å². The lowest BCUT2D eigenvalue weighted by Gasteiger charge is -2.34. The zero-order chi connectivity index (χ0) is 20.4. The molecule has 2 aliphatic heterocycles. The van der Waals surface area contributed by atoms with Gasteiger partial charge in [-0.05, 0) is 31.2 Å². The lowest BCUT2D eigenvalue weighted by atomic mass is 9.89. The van der Waals surface area contributed by atoms with Crippen molar-refractivity contribution in [3.63, 3.8) is 0 Å². The van der Waals surface area contributed by atoms with Gasteiger partial charge in [-0.15, -0.1) is 0 Å². The number of hydrogen-bond donors (Lipinski definition) is 0. The van der Waals surface area contributed by atoms with Crippen LogP contribution in [0.5, 0.6) is 0 Å². The van der Waals surface area contributed by atoms with Crippen molar-refractivity contribution in [2.24, 2.45) is 0 Å². The molecule has 4 rings (SSSR count). The first kappa shape index (κ1) is 19.9. The Balaban J connectivity index is 1.79. The number of rotatable bonds is 3. The maximum Gasteiger partial charge on any atom is 0.281 e. The number of H-pyrrole nitrogens is 1. The number of benzene rings is 1. The normalized spacial score (nSPS) is 18.0. The number of ether oxygens (including phenoxy) is 2. The van der Waals surface area contributed by atoms with Crippen LogP contribution in [0.4, 0.5) is 5.82 Å². The van der Waals surface area contributed by atoms with Crippen LogP contribution in [0.25, 0.3) is 0 Å². The van der Waals surface area contributed by atoms with Crippen molar-refractivity contribution in [1.29, 1.82) is 5.26 Å². The van der Waals surface area contributed by atoms with E-state index in [-0.39, 0.29) is 10.7 Å². The molecule has 29 heavy (non-hydrogen) atoms. The molecule has 3 heterocycles. The van der Waals surface area contributed by atoms with Gasteiger partial charge in [-0.3, -0.25) is 9.69 Å². The second-order valence-electron chi connectivity index (χ2n) is 7.83. The highest BCUT2D eigenvalue weighted by molar-refractivity contribution is 8.14. The first-order valence-corrected chi connectivity index (χ1v) is 10.6. The average molecular weight is 411 g/mol. The molecule has 0 spiro atoms. The van der Waals surface area contributed by atoms with Crippen molar-refractivity contribution < 1.29 is 19.3 Å². The summed E-state index contributed by atoms with van der Waals surface area (Å²) in [6, 6.07) is 11.5. The molecule has 7 heteroatoms. The molecule has 0 unspecified atom stereocenters. The zero-order valence-corrected chi connectivity index (χ0v) is 17.5. The third-order valence-electron chi connectivity index (χ3n) is 5.26. The van der Waals surface area contributed by atoms with E-state index in [9.17, 15) is 10.1 Å². The predicted octanol–water partition coefficient (Wildman–Crippen LogP) is 2.99. The minimum absolute atomic E-state index is 0.0856. The molecule has 1 fully saturated rings. The third kappa shape index (κ3) is 4.15. The van der Waals surface area contributed by atoms with Crippen LogP contribution in [0.3, 0.4) is 0 Å². The molecule has 0 radical (unpaired) electrons. The molecule has 0 saturated carbocycles. The van der Waals surface area contributed by atoms with Gasteiger partial charge in [0.1, 0.15) is 24.7 Å². The minimum Gasteiger partial charge on any atom is -0.373 e. The summed E-state index contributed by atoms with van der Waals surface area (Å²) in [6.07, 6.45) is 0.629. The van der Waals surface area contributed by atoms with Crippen LogP contribution in [0.2, 0.25) is 0 Å². The van der Waals surface area contributed by atoms with Gasteiger partial charge in [0.25, 0.3) is 5.82 Å². The number of thioether (sulfide) groups is 1. The molecule has 6 nitrogen and oxygen atoms in total. The number of anilines is 1. The van der Waals surface area contributed by atoms with Crippen molar-refractivity contribution >= 4 is 22.7 Å². The van der Waals surface area contributed by atoms with E-state index in [1.807, 2.05) is 32.0 Å². The number of nitrogens with zero attached hydrogens (tertiary/aromatic N) is 2. The molecule has 2 aromatic rings. The van der Waals surface area contributed by atoms with Crippen molar-refractivity contribution in [2.75, 3.05) is 31.2 Å². The van der Waals surface area contributed by atoms with Gasteiger partial charge in [-0.2, -0.15) is 5.26 Å². The number of aromatic nitrogens is 1. The van der Waals surface area contributed by atoms with Crippen LogP contribution < -0.4 is 9.88 Å². The highest BCUT2D eigenvalue weighted by Gasteiger charge is 2.37. The lowest BCUT2D eigenvalue weighted by molar-refractivity contribution is -0.414. The van der Waals surface area contributed by atoms with E-state index in [1.54, 1.807) is 12.1 Å². The van der Waals surface area contributed by atoms with Crippen molar-refractivity contribution in [3.05, 3.63) is 52.6 Å². The minimum atomic E-state index is -0.354. The maximum atomic E-state index is 12.8. The monoisotopic (exact) mass is 410 g/mol. The summed E-state index contributed by atoms with van der Waals surface area (Å²) in [5.74, 6) is 0.932. The van der Waals surface area contributed by atoms with E-state index < -0.39 is 0 Å². The van der Waals surface area contributed by atoms with Crippen molar-refractivity contribution in [3.8, 4) is 6.07 Å². The van der Waals surface area contributed by atoms with Gasteiger partial charge in [-0.25, -0.2) is 4.98 Å². The average Bonchev–Trinajstić information content (AvgIpc) is 2.73. The first-order valence-electron chi connectivity index (χ1n) is 9.73. The predicted molar refractivity (Wildman–Crippen MR) is 110 cm³/mol. The Labute approximate surface area is 174 Å². The van der Waals surface area contributed by atoms with E-state index in [1.165, 1.54) is 0 Å². The standard InChI is InChI=1S/C22H23N3O3S/c1-22(2)12-16-17(13-23)20(29-21(26)15-6-4-3-5-7-15)24-19(18(16)14-28-22)25-8-10-27-11-9-25/h3-7H,8-12,14H2,1-2H3/p+1. The third-order valence-corrected chi connectivity index (χ3v) is 6.20. The number of hydrogen-bond acceptors (Lipinski definition) is 6. The van der Waals surface area contributed by atoms with Gasteiger partial charge in [-0.1, -0.05) is 30.3 Å². The maximum absolute atomic E-state index is 12.8. The van der Waals surface area contributed by atoms with Gasteiger partial charge in [0.05, 0.1) is 31.0 Å². The summed E-state index contributed by atoms with van der Waals surface area (Å²) in [6.45, 7) is 7.33. The topological polar surface area (TPSA) is 76.7 Å². The summed E-state index contributed by atoms with van der Waals surface area (Å²) in [4.78, 5) is 18.5. The van der Waals surface area contributed by atoms with Crippen LogP contribution in [0.15, 0.2) is 35.4 Å². The van der Waals surface area contributed by atoms with Crippen LogP contribution in [0.1, 0.15) is 40.9 Å². The number of carbonyl (C=O) groups excluding carboxylic acids is 1. The second kappa shape index (κ2) is 8.15. The Morgan fingerprint density at radius 2 is 1.93 bits per heavy atom. The molecule has 1 aromatic heterocycles. The van der Waals surface area contributed by atoms with Gasteiger partial charge < -0.3 is 9.47 Å². The fourth-order valence-corrected chi connectivity index (χ4v) is 4.61. The van der Waals surface area contributed by atoms with Crippen molar-refractivity contribution in [2.45, 2.75) is 37.5 Å². The number of nitrogens with one attached hydrogen (secondary N) is 1. The number of aromatic amines is 1. The molecule has 2 aliphatic rings. The smallest absolute Gasteiger partial charge is 0.281 e. The molecule has 0 bridgehead atoms. The Morgan fingerprint density at radius 3 is 2.62 bits per heavy atom. The van der Waals surface area contributed by atoms with Crippen LogP contribution in [0, 0.1) is 11.3 Å². The molecular formula is C22H24N3O3S+. The highest BCUT2D eigenvalue weighted by atomic mass is 32.2. The molecular weight excluding hydrogens is 386 g/mol. The SMILES string of the molecule is CC1(C)Cc2c(C#N)c(SC(=O)c3ccccc3)[nH+]c(N3CCOCC3)c2CO1. The van der Waals surface area contributed by atoms with Gasteiger partial charge >= 0.3 is 0 Å². The summed E-state index contributed by atoms with van der Waals surface area (Å²) >= 11 is 1.08. The second-order valence-corrected chi connectivity index (χ2v) is 8.81. The summed E-state index contributed by atoms with van der Waals surface area (Å²) in [5, 5.41) is 10.5. The van der Waals surface area contributed by atoms with E-state index in [0.29, 0.717) is 42.4 Å². The number of carbonyl (C=O) groups is 1. The Kier molecular flexibility index (Phi) is 5.59. The Morgan fingerprint density at radius 1 is 1.21 bits per heavy atom. The molecule has 0 amide bonds. The largest absolute Gasteiger partial charge is 0.373 e. The fraction of sp³-hybridized carbons (Fsp3) is 0.409. The first-order chi connectivity index (χ1) is 14.0. The number of fused-ring (bicyclic) bond motifs is 1. The fourth-order valence-electron chi connectivity index (χ4n) is 3.75. The quantitative estimate of drug-likeness (QED) is 0.724. The summed E-state index contributed by atoms with van der Waals surface area (Å²) < 4.78 is 11.5. The molecule has 150 valence electrons. The Bertz CT molecular complexity index is 964. The zero-order valence-electron chi connectivity index (χ0n) is 16.7. The summed E-state index contributed by atoms with van der Waals surface area (Å²) in [7, 11) is 0. The molecule has 0 aliphatic carbocycles. The molecule has 1 N–H and O–H groups in total. The summed E-state index contributed by atoms with van der Waals surface area (Å²) in [5.41, 5.74) is 2.80. The van der Waals surface area contributed by atoms with Crippen molar-refractivity contribution in [1.82, 2.24) is 0 Å². The molecule has 1 aromatic carbocycles. The van der Waals surface area contributed by atoms with Crippen LogP contribution >= 0.6 is 11.8 Å². The number of pyridine rings is 1. The van der Waals surface area contributed by atoms with E-state index in [0.717, 1.165) is 41.8 Å². The number of morpholine rings is 1. The van der Waals surface area contributed by atoms with Gasteiger partial charge in [0, 0.05) is 12.0 Å². The number of nitriles is 1. The Hall–Kier alpha value is -2.40. The highest BCUT2D eigenvalue weighted by Crippen LogP contribution is 2.37. The van der Waals surface area contributed by atoms with Gasteiger partial charge in [0.15, 0.2) is 5.03 Å². The van der Waals surface area contributed by atoms with Crippen LogP contribution in [-0.4, -0.2) is 37.0 Å². The van der Waals surface area contributed by atoms with E-state index in [2.05, 4.69) is 16.0 Å². The molecule has 0 atom stereocenters. The lowest BCUT2D eigenvalue weighted by Crippen LogP contribution is -2.43. The van der Waals surface area contributed by atoms with Crippen LogP contribution in [-0.2, 0) is 22.5 Å².